The maximum atomic E-state index is 2.36. The van der Waals surface area contributed by atoms with Crippen molar-refractivity contribution in [2.45, 2.75) is 96.8 Å². The Bertz CT molecular complexity index is 334. The van der Waals surface area contributed by atoms with Gasteiger partial charge in [-0.15, -0.1) is 0 Å². The molecule has 0 aliphatic carbocycles. The Morgan fingerprint density at radius 2 is 1.19 bits per heavy atom. The molecule has 0 bridgehead atoms. The van der Waals surface area contributed by atoms with E-state index in [0.29, 0.717) is 5.41 Å². The van der Waals surface area contributed by atoms with Crippen molar-refractivity contribution in [1.29, 1.82) is 0 Å². The van der Waals surface area contributed by atoms with Gasteiger partial charge in [0.2, 0.25) is 0 Å². The Morgan fingerprint density at radius 3 is 1.71 bits per heavy atom. The van der Waals surface area contributed by atoms with Crippen LogP contribution in [0.4, 0.5) is 0 Å². The van der Waals surface area contributed by atoms with E-state index in [2.05, 4.69) is 51.1 Å². The summed E-state index contributed by atoms with van der Waals surface area (Å²) in [5, 5.41) is 0. The fourth-order valence-electron chi connectivity index (χ4n) is 3.55. The van der Waals surface area contributed by atoms with Crippen LogP contribution in [0.3, 0.4) is 0 Å². The quantitative estimate of drug-likeness (QED) is 0.355. The van der Waals surface area contributed by atoms with Gasteiger partial charge in [0.1, 0.15) is 0 Å². The second-order valence-corrected chi connectivity index (χ2v) is 6.58. The lowest BCUT2D eigenvalue weighted by Crippen LogP contribution is -2.24. The van der Waals surface area contributed by atoms with E-state index < -0.39 is 0 Å². The number of hydrogen-bond acceptors (Lipinski definition) is 0. The summed E-state index contributed by atoms with van der Waals surface area (Å²) in [7, 11) is 0. The first kappa shape index (κ1) is 18.3. The summed E-state index contributed by atoms with van der Waals surface area (Å²) in [5.74, 6) is 0. The van der Waals surface area contributed by atoms with Gasteiger partial charge in [0.05, 0.1) is 0 Å². The van der Waals surface area contributed by atoms with E-state index in [0.717, 1.165) is 0 Å². The average Bonchev–Trinajstić information content (AvgIpc) is 2.55. The molecule has 0 unspecified atom stereocenters. The average molecular weight is 289 g/mol. The molecule has 1 aromatic carbocycles. The second kappa shape index (κ2) is 10.9. The standard InChI is InChI=1S/C21H36/c1-4-7-8-9-10-11-12-16-19-21(5-2,6-3)20-17-14-13-15-18-20/h13-15,17-18H,4-12,16,19H2,1-3H3. The second-order valence-electron chi connectivity index (χ2n) is 6.58. The van der Waals surface area contributed by atoms with Crippen LogP contribution >= 0.6 is 0 Å². The fraction of sp³-hybridized carbons (Fsp3) is 0.714. The van der Waals surface area contributed by atoms with Crippen LogP contribution in [0.2, 0.25) is 0 Å². The molecule has 0 amide bonds. The summed E-state index contributed by atoms with van der Waals surface area (Å²) >= 11 is 0. The summed E-state index contributed by atoms with van der Waals surface area (Å²) in [6, 6.07) is 11.2. The highest BCUT2D eigenvalue weighted by Gasteiger charge is 2.27. The molecule has 0 nitrogen and oxygen atoms in total. The first-order valence-corrected chi connectivity index (χ1v) is 9.34. The molecule has 0 saturated heterocycles. The molecule has 0 N–H and O–H groups in total. The Hall–Kier alpha value is -0.780. The summed E-state index contributed by atoms with van der Waals surface area (Å²) in [4.78, 5) is 0. The Balaban J connectivity index is 2.32. The molecule has 0 aliphatic rings. The molecule has 0 atom stereocenters. The largest absolute Gasteiger partial charge is 0.0654 e. The van der Waals surface area contributed by atoms with E-state index >= 15 is 0 Å². The van der Waals surface area contributed by atoms with Crippen molar-refractivity contribution in [3.8, 4) is 0 Å². The highest BCUT2D eigenvalue weighted by molar-refractivity contribution is 5.25. The summed E-state index contributed by atoms with van der Waals surface area (Å²) in [6.45, 7) is 7.02. The first-order valence-electron chi connectivity index (χ1n) is 9.34. The van der Waals surface area contributed by atoms with E-state index in [1.54, 1.807) is 5.56 Å². The number of hydrogen-bond donors (Lipinski definition) is 0. The minimum atomic E-state index is 0.420. The molecular weight excluding hydrogens is 252 g/mol. The van der Waals surface area contributed by atoms with E-state index in [1.165, 1.54) is 70.6 Å². The van der Waals surface area contributed by atoms with Gasteiger partial charge < -0.3 is 0 Å². The van der Waals surface area contributed by atoms with Crippen LogP contribution in [-0.4, -0.2) is 0 Å². The van der Waals surface area contributed by atoms with E-state index in [-0.39, 0.29) is 0 Å². The first-order chi connectivity index (χ1) is 10.3. The minimum Gasteiger partial charge on any atom is -0.0654 e. The number of benzene rings is 1. The normalized spacial score (nSPS) is 11.8. The maximum Gasteiger partial charge on any atom is -0.00522 e. The van der Waals surface area contributed by atoms with Gasteiger partial charge >= 0.3 is 0 Å². The van der Waals surface area contributed by atoms with Gasteiger partial charge in [-0.3, -0.25) is 0 Å². The van der Waals surface area contributed by atoms with Crippen molar-refractivity contribution in [2.24, 2.45) is 0 Å². The van der Waals surface area contributed by atoms with Crippen LogP contribution in [0, 0.1) is 0 Å². The van der Waals surface area contributed by atoms with Gasteiger partial charge in [0.15, 0.2) is 0 Å². The smallest absolute Gasteiger partial charge is 0.00522 e. The Morgan fingerprint density at radius 1 is 0.667 bits per heavy atom. The Labute approximate surface area is 133 Å². The molecular formula is C21H36. The van der Waals surface area contributed by atoms with Crippen molar-refractivity contribution in [2.75, 3.05) is 0 Å². The predicted molar refractivity (Wildman–Crippen MR) is 95.9 cm³/mol. The highest BCUT2D eigenvalue weighted by Crippen LogP contribution is 2.36. The van der Waals surface area contributed by atoms with E-state index in [1.807, 2.05) is 0 Å². The predicted octanol–water partition coefficient (Wildman–Crippen LogP) is 7.28. The molecule has 120 valence electrons. The van der Waals surface area contributed by atoms with Crippen LogP contribution < -0.4 is 0 Å². The molecule has 0 heterocycles. The monoisotopic (exact) mass is 288 g/mol. The summed E-state index contributed by atoms with van der Waals surface area (Å²) in [6.07, 6.45) is 15.2. The lowest BCUT2D eigenvalue weighted by molar-refractivity contribution is 0.348. The van der Waals surface area contributed by atoms with Gasteiger partial charge in [-0.2, -0.15) is 0 Å². The van der Waals surface area contributed by atoms with Crippen molar-refractivity contribution in [3.63, 3.8) is 0 Å². The molecule has 1 rings (SSSR count). The summed E-state index contributed by atoms with van der Waals surface area (Å²) in [5.41, 5.74) is 1.97. The van der Waals surface area contributed by atoms with Crippen molar-refractivity contribution >= 4 is 0 Å². The lowest BCUT2D eigenvalue weighted by atomic mass is 9.72. The van der Waals surface area contributed by atoms with Crippen molar-refractivity contribution < 1.29 is 0 Å². The van der Waals surface area contributed by atoms with Crippen LogP contribution in [-0.2, 0) is 5.41 Å². The van der Waals surface area contributed by atoms with Crippen LogP contribution in [0.15, 0.2) is 30.3 Å². The van der Waals surface area contributed by atoms with Crippen molar-refractivity contribution in [1.82, 2.24) is 0 Å². The summed E-state index contributed by atoms with van der Waals surface area (Å²) < 4.78 is 0. The number of rotatable bonds is 12. The van der Waals surface area contributed by atoms with Gasteiger partial charge in [0.25, 0.3) is 0 Å². The molecule has 1 aromatic rings. The molecule has 0 radical (unpaired) electrons. The molecule has 0 heteroatoms. The number of unbranched alkanes of at least 4 members (excludes halogenated alkanes) is 7. The SMILES string of the molecule is CCCCCCCCCCC(CC)(CC)c1ccccc1. The van der Waals surface area contributed by atoms with Crippen LogP contribution in [0.25, 0.3) is 0 Å². The maximum absolute atomic E-state index is 2.36. The van der Waals surface area contributed by atoms with E-state index in [4.69, 9.17) is 0 Å². The Kier molecular flexibility index (Phi) is 9.46. The molecule has 21 heavy (non-hydrogen) atoms. The molecule has 0 saturated carbocycles. The zero-order valence-corrected chi connectivity index (χ0v) is 14.7. The van der Waals surface area contributed by atoms with Gasteiger partial charge in [-0.05, 0) is 30.2 Å². The molecule has 0 fully saturated rings. The highest BCUT2D eigenvalue weighted by atomic mass is 14.3. The lowest BCUT2D eigenvalue weighted by Gasteiger charge is -2.32. The molecule has 0 aromatic heterocycles. The van der Waals surface area contributed by atoms with Gasteiger partial charge in [-0.25, -0.2) is 0 Å². The zero-order chi connectivity index (χ0) is 15.4. The molecule has 0 spiro atoms. The third-order valence-electron chi connectivity index (χ3n) is 5.25. The van der Waals surface area contributed by atoms with Crippen LogP contribution in [0.1, 0.15) is 97.0 Å². The molecule has 0 aliphatic heterocycles. The van der Waals surface area contributed by atoms with Crippen molar-refractivity contribution in [3.05, 3.63) is 35.9 Å². The third-order valence-corrected chi connectivity index (χ3v) is 5.25. The fourth-order valence-corrected chi connectivity index (χ4v) is 3.55. The minimum absolute atomic E-state index is 0.420. The topological polar surface area (TPSA) is 0 Å². The zero-order valence-electron chi connectivity index (χ0n) is 14.7. The van der Waals surface area contributed by atoms with Gasteiger partial charge in [0, 0.05) is 0 Å². The van der Waals surface area contributed by atoms with E-state index in [9.17, 15) is 0 Å². The van der Waals surface area contributed by atoms with Crippen LogP contribution in [0.5, 0.6) is 0 Å². The third kappa shape index (κ3) is 6.24. The van der Waals surface area contributed by atoms with Gasteiger partial charge in [-0.1, -0.05) is 102 Å².